The van der Waals surface area contributed by atoms with Crippen LogP contribution in [0.2, 0.25) is 5.02 Å². The molecule has 116 valence electrons. The highest BCUT2D eigenvalue weighted by atomic mass is 35.5. The Morgan fingerprint density at radius 1 is 1.48 bits per heavy atom. The quantitative estimate of drug-likeness (QED) is 0.450. The van der Waals surface area contributed by atoms with Gasteiger partial charge in [0.05, 0.1) is 9.95 Å². The average molecular weight is 334 g/mol. The SMILES string of the molecule is CNc1c(Cl)cc(C(=O)NCCCS(C)=O)cc1[N+](=O)[O-]. The molecule has 21 heavy (non-hydrogen) atoms. The van der Waals surface area contributed by atoms with Gasteiger partial charge in [-0.2, -0.15) is 0 Å². The standard InChI is InChI=1S/C12H16ClN3O4S/c1-14-11-9(13)6-8(7-10(11)16(18)19)12(17)15-4-3-5-21(2)20/h6-7,14H,3-5H2,1-2H3,(H,15,17). The van der Waals surface area contributed by atoms with Crippen LogP contribution >= 0.6 is 11.6 Å². The second-order valence-electron chi connectivity index (χ2n) is 4.25. The van der Waals surface area contributed by atoms with Crippen molar-refractivity contribution in [1.82, 2.24) is 5.32 Å². The van der Waals surface area contributed by atoms with E-state index in [1.165, 1.54) is 19.2 Å². The van der Waals surface area contributed by atoms with Gasteiger partial charge < -0.3 is 10.6 Å². The fourth-order valence-electron chi connectivity index (χ4n) is 1.69. The zero-order valence-corrected chi connectivity index (χ0v) is 13.2. The lowest BCUT2D eigenvalue weighted by atomic mass is 10.1. The van der Waals surface area contributed by atoms with Crippen molar-refractivity contribution in [3.63, 3.8) is 0 Å². The zero-order chi connectivity index (χ0) is 16.0. The Kier molecular flexibility index (Phi) is 6.57. The minimum Gasteiger partial charge on any atom is -0.381 e. The van der Waals surface area contributed by atoms with E-state index in [0.717, 1.165) is 0 Å². The molecule has 0 aromatic heterocycles. The maximum absolute atomic E-state index is 11.9. The molecule has 0 saturated heterocycles. The normalized spacial score (nSPS) is 11.8. The summed E-state index contributed by atoms with van der Waals surface area (Å²) in [4.78, 5) is 22.3. The lowest BCUT2D eigenvalue weighted by molar-refractivity contribution is -0.383. The van der Waals surface area contributed by atoms with E-state index >= 15 is 0 Å². The Hall–Kier alpha value is -1.67. The number of halogens is 1. The summed E-state index contributed by atoms with van der Waals surface area (Å²) >= 11 is 5.94. The maximum atomic E-state index is 11.9. The average Bonchev–Trinajstić information content (AvgIpc) is 2.42. The van der Waals surface area contributed by atoms with Crippen LogP contribution in [-0.2, 0) is 10.8 Å². The summed E-state index contributed by atoms with van der Waals surface area (Å²) < 4.78 is 10.9. The summed E-state index contributed by atoms with van der Waals surface area (Å²) in [6.45, 7) is 0.345. The van der Waals surface area contributed by atoms with Crippen molar-refractivity contribution >= 4 is 39.7 Å². The summed E-state index contributed by atoms with van der Waals surface area (Å²) in [5, 5.41) is 16.3. The Balaban J connectivity index is 2.85. The van der Waals surface area contributed by atoms with Gasteiger partial charge >= 0.3 is 0 Å². The van der Waals surface area contributed by atoms with E-state index in [-0.39, 0.29) is 22.0 Å². The fourth-order valence-corrected chi connectivity index (χ4v) is 2.55. The van der Waals surface area contributed by atoms with Crippen LogP contribution in [0.25, 0.3) is 0 Å². The van der Waals surface area contributed by atoms with E-state index in [1.54, 1.807) is 6.26 Å². The Morgan fingerprint density at radius 3 is 2.67 bits per heavy atom. The molecule has 9 heteroatoms. The number of hydrogen-bond donors (Lipinski definition) is 2. The molecule has 1 aromatic carbocycles. The number of nitro groups is 1. The molecule has 1 unspecified atom stereocenters. The summed E-state index contributed by atoms with van der Waals surface area (Å²) in [5.41, 5.74) is 0.0210. The van der Waals surface area contributed by atoms with Gasteiger partial charge in [-0.05, 0) is 12.5 Å². The number of nitrogens with zero attached hydrogens (tertiary/aromatic N) is 1. The molecule has 7 nitrogen and oxygen atoms in total. The number of hydrogen-bond acceptors (Lipinski definition) is 5. The molecule has 0 heterocycles. The zero-order valence-electron chi connectivity index (χ0n) is 11.6. The Labute approximate surface area is 129 Å². The predicted molar refractivity (Wildman–Crippen MR) is 83.5 cm³/mol. The monoisotopic (exact) mass is 333 g/mol. The molecule has 0 aliphatic rings. The second kappa shape index (κ2) is 7.94. The molecular formula is C12H16ClN3O4S. The van der Waals surface area contributed by atoms with Gasteiger partial charge in [-0.3, -0.25) is 19.1 Å². The van der Waals surface area contributed by atoms with Crippen molar-refractivity contribution in [1.29, 1.82) is 0 Å². The Bertz CT molecular complexity index is 580. The number of carbonyl (C=O) groups is 1. The summed E-state index contributed by atoms with van der Waals surface area (Å²) in [6.07, 6.45) is 2.15. The van der Waals surface area contributed by atoms with Crippen molar-refractivity contribution in [2.45, 2.75) is 6.42 Å². The van der Waals surface area contributed by atoms with Crippen molar-refractivity contribution in [3.05, 3.63) is 32.8 Å². The molecule has 0 saturated carbocycles. The summed E-state index contributed by atoms with van der Waals surface area (Å²) in [7, 11) is 0.600. The van der Waals surface area contributed by atoms with E-state index in [4.69, 9.17) is 11.6 Å². The van der Waals surface area contributed by atoms with Crippen LogP contribution in [0.1, 0.15) is 16.8 Å². The largest absolute Gasteiger partial charge is 0.381 e. The predicted octanol–water partition coefficient (Wildman–Crippen LogP) is 1.79. The number of rotatable bonds is 7. The van der Waals surface area contributed by atoms with Crippen molar-refractivity contribution < 1.29 is 13.9 Å². The molecule has 1 rings (SSSR count). The first kappa shape index (κ1) is 17.4. The van der Waals surface area contributed by atoms with Gasteiger partial charge in [0.25, 0.3) is 11.6 Å². The second-order valence-corrected chi connectivity index (χ2v) is 6.21. The summed E-state index contributed by atoms with van der Waals surface area (Å²) in [5.74, 6) is 0.0319. The third kappa shape index (κ3) is 4.98. The van der Waals surface area contributed by atoms with Crippen LogP contribution in [-0.4, -0.2) is 40.6 Å². The van der Waals surface area contributed by atoms with Crippen molar-refractivity contribution in [2.75, 3.05) is 30.9 Å². The van der Waals surface area contributed by atoms with Gasteiger partial charge in [-0.1, -0.05) is 11.6 Å². The van der Waals surface area contributed by atoms with Crippen LogP contribution in [0.5, 0.6) is 0 Å². The minimum atomic E-state index is -0.913. The molecule has 0 spiro atoms. The lowest BCUT2D eigenvalue weighted by Gasteiger charge is -2.08. The first-order valence-corrected chi connectivity index (χ1v) is 8.21. The van der Waals surface area contributed by atoms with Crippen LogP contribution in [0.4, 0.5) is 11.4 Å². The molecule has 0 aliphatic heterocycles. The summed E-state index contributed by atoms with van der Waals surface area (Å²) in [6, 6.07) is 2.54. The number of benzene rings is 1. The highest BCUT2D eigenvalue weighted by molar-refractivity contribution is 7.84. The molecule has 1 amide bonds. The number of amides is 1. The van der Waals surface area contributed by atoms with Crippen LogP contribution < -0.4 is 10.6 Å². The molecule has 0 bridgehead atoms. The van der Waals surface area contributed by atoms with E-state index < -0.39 is 21.6 Å². The van der Waals surface area contributed by atoms with E-state index in [2.05, 4.69) is 10.6 Å². The lowest BCUT2D eigenvalue weighted by Crippen LogP contribution is -2.25. The van der Waals surface area contributed by atoms with E-state index in [1.807, 2.05) is 0 Å². The number of anilines is 1. The molecule has 2 N–H and O–H groups in total. The fraction of sp³-hybridized carbons (Fsp3) is 0.417. The highest BCUT2D eigenvalue weighted by Gasteiger charge is 2.20. The maximum Gasteiger partial charge on any atom is 0.294 e. The van der Waals surface area contributed by atoms with Crippen LogP contribution in [0.3, 0.4) is 0 Å². The number of nitrogens with one attached hydrogen (secondary N) is 2. The number of carbonyl (C=O) groups excluding carboxylic acids is 1. The smallest absolute Gasteiger partial charge is 0.294 e. The molecule has 0 fully saturated rings. The first-order valence-electron chi connectivity index (χ1n) is 6.10. The minimum absolute atomic E-state index is 0.103. The molecule has 0 radical (unpaired) electrons. The van der Waals surface area contributed by atoms with E-state index in [0.29, 0.717) is 18.7 Å². The first-order chi connectivity index (χ1) is 9.86. The third-order valence-corrected chi connectivity index (χ3v) is 3.83. The molecule has 1 aromatic rings. The van der Waals surface area contributed by atoms with Gasteiger partial charge in [0.1, 0.15) is 5.69 Å². The van der Waals surface area contributed by atoms with Gasteiger partial charge in [0.15, 0.2) is 0 Å². The number of nitro benzene ring substituents is 1. The van der Waals surface area contributed by atoms with Gasteiger partial charge in [-0.25, -0.2) is 0 Å². The topological polar surface area (TPSA) is 101 Å². The van der Waals surface area contributed by atoms with Crippen molar-refractivity contribution in [2.24, 2.45) is 0 Å². The molecule has 0 aliphatic carbocycles. The molecular weight excluding hydrogens is 318 g/mol. The third-order valence-electron chi connectivity index (χ3n) is 2.67. The van der Waals surface area contributed by atoms with Gasteiger partial charge in [-0.15, -0.1) is 0 Å². The van der Waals surface area contributed by atoms with Gasteiger partial charge in [0, 0.05) is 48.0 Å². The van der Waals surface area contributed by atoms with E-state index in [9.17, 15) is 19.1 Å². The highest BCUT2D eigenvalue weighted by Crippen LogP contribution is 2.33. The molecule has 1 atom stereocenters. The van der Waals surface area contributed by atoms with Crippen LogP contribution in [0, 0.1) is 10.1 Å². The Morgan fingerprint density at radius 2 is 2.14 bits per heavy atom. The van der Waals surface area contributed by atoms with Crippen LogP contribution in [0.15, 0.2) is 12.1 Å². The van der Waals surface area contributed by atoms with Gasteiger partial charge in [0.2, 0.25) is 0 Å². The van der Waals surface area contributed by atoms with Crippen molar-refractivity contribution in [3.8, 4) is 0 Å².